The molecule has 1 aromatic rings. The molecule has 2 atom stereocenters. The number of carbonyl (C=O) groups excluding carboxylic acids is 2. The van der Waals surface area contributed by atoms with Gasteiger partial charge in [-0.2, -0.15) is 0 Å². The van der Waals surface area contributed by atoms with Crippen LogP contribution in [0.3, 0.4) is 0 Å². The Morgan fingerprint density at radius 3 is 2.61 bits per heavy atom. The van der Waals surface area contributed by atoms with Crippen molar-refractivity contribution in [3.63, 3.8) is 0 Å². The molecule has 1 aliphatic rings. The maximum absolute atomic E-state index is 12.2. The van der Waals surface area contributed by atoms with E-state index in [9.17, 15) is 9.59 Å². The molecule has 2 N–H and O–H groups in total. The smallest absolute Gasteiger partial charge is 0.228 e. The highest BCUT2D eigenvalue weighted by Crippen LogP contribution is 2.40. The van der Waals surface area contributed by atoms with Crippen LogP contribution in [0.2, 0.25) is 0 Å². The van der Waals surface area contributed by atoms with Crippen LogP contribution >= 0.6 is 15.9 Å². The van der Waals surface area contributed by atoms with Crippen LogP contribution in [0.15, 0.2) is 22.7 Å². The number of carbonyl (C=O) groups is 2. The van der Waals surface area contributed by atoms with E-state index in [1.807, 2.05) is 39.2 Å². The molecule has 0 aliphatic heterocycles. The molecule has 23 heavy (non-hydrogen) atoms. The average Bonchev–Trinajstić information content (AvgIpc) is 3.26. The summed E-state index contributed by atoms with van der Waals surface area (Å²) in [7, 11) is 4.01. The molecule has 0 spiro atoms. The van der Waals surface area contributed by atoms with Crippen molar-refractivity contribution >= 4 is 33.4 Å². The molecule has 0 saturated heterocycles. The monoisotopic (exact) mass is 381 g/mol. The second-order valence-corrected chi connectivity index (χ2v) is 7.22. The Bertz CT molecular complexity index is 589. The van der Waals surface area contributed by atoms with E-state index in [2.05, 4.69) is 31.5 Å². The Morgan fingerprint density at radius 2 is 1.96 bits per heavy atom. The third-order valence-electron chi connectivity index (χ3n) is 3.93. The lowest BCUT2D eigenvalue weighted by atomic mass is 10.2. The molecule has 1 aliphatic carbocycles. The first-order chi connectivity index (χ1) is 10.9. The first-order valence-corrected chi connectivity index (χ1v) is 8.67. The summed E-state index contributed by atoms with van der Waals surface area (Å²) in [4.78, 5) is 26.3. The fourth-order valence-corrected chi connectivity index (χ4v) is 3.05. The fraction of sp³-hybridized carbons (Fsp3) is 0.529. The summed E-state index contributed by atoms with van der Waals surface area (Å²) in [6.45, 7) is 3.59. The number of benzene rings is 1. The van der Waals surface area contributed by atoms with Crippen LogP contribution in [-0.2, 0) is 9.59 Å². The van der Waals surface area contributed by atoms with Crippen molar-refractivity contribution in [2.75, 3.05) is 32.5 Å². The largest absolute Gasteiger partial charge is 0.356 e. The second kappa shape index (κ2) is 7.93. The number of hydrogen-bond acceptors (Lipinski definition) is 3. The van der Waals surface area contributed by atoms with Gasteiger partial charge < -0.3 is 15.5 Å². The minimum Gasteiger partial charge on any atom is -0.356 e. The third-order valence-corrected chi connectivity index (χ3v) is 4.58. The fourth-order valence-electron chi connectivity index (χ4n) is 2.46. The summed E-state index contributed by atoms with van der Waals surface area (Å²) >= 11 is 3.44. The first kappa shape index (κ1) is 17.9. The van der Waals surface area contributed by atoms with Crippen molar-refractivity contribution in [1.82, 2.24) is 10.2 Å². The third kappa shape index (κ3) is 5.32. The molecule has 0 aromatic heterocycles. The van der Waals surface area contributed by atoms with Gasteiger partial charge in [-0.25, -0.2) is 0 Å². The van der Waals surface area contributed by atoms with Gasteiger partial charge in [-0.3, -0.25) is 9.59 Å². The number of hydrogen-bond donors (Lipinski definition) is 2. The first-order valence-electron chi connectivity index (χ1n) is 7.88. The van der Waals surface area contributed by atoms with Crippen LogP contribution in [0.1, 0.15) is 18.4 Å². The summed E-state index contributed by atoms with van der Waals surface area (Å²) in [5, 5.41) is 5.81. The number of anilines is 1. The standard InChI is InChI=1S/C17H24BrN3O2/c1-11-5-6-15(14(18)9-11)20-17(23)13-10-12(13)16(22)19-7-4-8-21(2)3/h5-6,9,12-13H,4,7-8,10H2,1-3H3,(H,19,22)(H,20,23). The number of nitrogens with one attached hydrogen (secondary N) is 2. The van der Waals surface area contributed by atoms with E-state index in [-0.39, 0.29) is 23.7 Å². The molecule has 0 bridgehead atoms. The number of rotatable bonds is 7. The Kier molecular flexibility index (Phi) is 6.18. The van der Waals surface area contributed by atoms with Crippen molar-refractivity contribution < 1.29 is 9.59 Å². The van der Waals surface area contributed by atoms with E-state index < -0.39 is 0 Å². The van der Waals surface area contributed by atoms with Gasteiger partial charge in [0, 0.05) is 11.0 Å². The lowest BCUT2D eigenvalue weighted by molar-refractivity contribution is -0.125. The van der Waals surface area contributed by atoms with Gasteiger partial charge in [0.25, 0.3) is 0 Å². The van der Waals surface area contributed by atoms with Crippen molar-refractivity contribution in [3.8, 4) is 0 Å². The van der Waals surface area contributed by atoms with E-state index in [1.165, 1.54) is 0 Å². The highest BCUT2D eigenvalue weighted by Gasteiger charge is 2.47. The summed E-state index contributed by atoms with van der Waals surface area (Å²) in [5.41, 5.74) is 1.87. The predicted molar refractivity (Wildman–Crippen MR) is 95.3 cm³/mol. The molecule has 1 aromatic carbocycles. The van der Waals surface area contributed by atoms with E-state index in [0.717, 1.165) is 28.7 Å². The molecular formula is C17H24BrN3O2. The van der Waals surface area contributed by atoms with Crippen molar-refractivity contribution in [2.24, 2.45) is 11.8 Å². The van der Waals surface area contributed by atoms with Gasteiger partial charge in [0.05, 0.1) is 17.5 Å². The van der Waals surface area contributed by atoms with Crippen LogP contribution in [0.25, 0.3) is 0 Å². The topological polar surface area (TPSA) is 61.4 Å². The Morgan fingerprint density at radius 1 is 1.26 bits per heavy atom. The SMILES string of the molecule is Cc1ccc(NC(=O)C2CC2C(=O)NCCCN(C)C)c(Br)c1. The van der Waals surface area contributed by atoms with Gasteiger partial charge in [0.15, 0.2) is 0 Å². The number of halogens is 1. The van der Waals surface area contributed by atoms with Crippen molar-refractivity contribution in [3.05, 3.63) is 28.2 Å². The zero-order valence-corrected chi connectivity index (χ0v) is 15.4. The van der Waals surface area contributed by atoms with E-state index in [0.29, 0.717) is 13.0 Å². The average molecular weight is 382 g/mol. The summed E-state index contributed by atoms with van der Waals surface area (Å²) in [6, 6.07) is 5.77. The molecule has 2 amide bonds. The van der Waals surface area contributed by atoms with Crippen LogP contribution in [0.5, 0.6) is 0 Å². The Hall–Kier alpha value is -1.40. The van der Waals surface area contributed by atoms with E-state index >= 15 is 0 Å². The van der Waals surface area contributed by atoms with Gasteiger partial charge in [0.1, 0.15) is 0 Å². The van der Waals surface area contributed by atoms with Gasteiger partial charge in [-0.1, -0.05) is 6.07 Å². The van der Waals surface area contributed by atoms with Gasteiger partial charge >= 0.3 is 0 Å². The molecule has 0 heterocycles. The highest BCUT2D eigenvalue weighted by molar-refractivity contribution is 9.10. The highest BCUT2D eigenvalue weighted by atomic mass is 79.9. The molecule has 2 rings (SSSR count). The molecule has 2 unspecified atom stereocenters. The van der Waals surface area contributed by atoms with Crippen molar-refractivity contribution in [2.45, 2.75) is 19.8 Å². The summed E-state index contributed by atoms with van der Waals surface area (Å²) in [6.07, 6.45) is 1.55. The zero-order chi connectivity index (χ0) is 17.0. The van der Waals surface area contributed by atoms with E-state index in [1.54, 1.807) is 0 Å². The molecule has 6 heteroatoms. The maximum atomic E-state index is 12.2. The van der Waals surface area contributed by atoms with Gasteiger partial charge in [0.2, 0.25) is 11.8 Å². The van der Waals surface area contributed by atoms with Gasteiger partial charge in [-0.05, 0) is 74.0 Å². The van der Waals surface area contributed by atoms with Crippen molar-refractivity contribution in [1.29, 1.82) is 0 Å². The van der Waals surface area contributed by atoms with Crippen LogP contribution < -0.4 is 10.6 Å². The molecule has 0 radical (unpaired) electrons. The van der Waals surface area contributed by atoms with Crippen LogP contribution in [0.4, 0.5) is 5.69 Å². The molecule has 5 nitrogen and oxygen atoms in total. The lowest BCUT2D eigenvalue weighted by Crippen LogP contribution is -2.30. The maximum Gasteiger partial charge on any atom is 0.228 e. The molecular weight excluding hydrogens is 358 g/mol. The number of amides is 2. The Labute approximate surface area is 145 Å². The number of aryl methyl sites for hydroxylation is 1. The quantitative estimate of drug-likeness (QED) is 0.712. The summed E-state index contributed by atoms with van der Waals surface area (Å²) < 4.78 is 0.858. The van der Waals surface area contributed by atoms with Crippen LogP contribution in [-0.4, -0.2) is 43.9 Å². The van der Waals surface area contributed by atoms with E-state index in [4.69, 9.17) is 0 Å². The lowest BCUT2D eigenvalue weighted by Gasteiger charge is -2.10. The second-order valence-electron chi connectivity index (χ2n) is 6.37. The zero-order valence-electron chi connectivity index (χ0n) is 13.9. The Balaban J connectivity index is 1.76. The number of nitrogens with zero attached hydrogens (tertiary/aromatic N) is 1. The molecule has 126 valence electrons. The van der Waals surface area contributed by atoms with Crippen LogP contribution in [0, 0.1) is 18.8 Å². The molecule has 1 fully saturated rings. The molecule has 1 saturated carbocycles. The minimum absolute atomic E-state index is 0.00752. The minimum atomic E-state index is -0.211. The predicted octanol–water partition coefficient (Wildman–Crippen LogP) is 2.40. The normalized spacial score (nSPS) is 19.5. The van der Waals surface area contributed by atoms with Gasteiger partial charge in [-0.15, -0.1) is 0 Å². The summed E-state index contributed by atoms with van der Waals surface area (Å²) in [5.74, 6) is -0.481.